The predicted octanol–water partition coefficient (Wildman–Crippen LogP) is 3.48. The average molecular weight is 387 g/mol. The number of benzene rings is 1. The Hall–Kier alpha value is -3.01. The Morgan fingerprint density at radius 3 is 2.75 bits per heavy atom. The lowest BCUT2D eigenvalue weighted by molar-refractivity contribution is -0.137. The van der Waals surface area contributed by atoms with Gasteiger partial charge in [0.25, 0.3) is 0 Å². The molecule has 0 spiro atoms. The van der Waals surface area contributed by atoms with Crippen LogP contribution in [0.25, 0.3) is 0 Å². The Labute approximate surface area is 161 Å². The molecule has 1 unspecified atom stereocenters. The van der Waals surface area contributed by atoms with Crippen LogP contribution in [-0.2, 0) is 11.0 Å². The highest BCUT2D eigenvalue weighted by atomic mass is 19.4. The molecule has 146 valence electrons. The largest absolute Gasteiger partial charge is 0.419 e. The van der Waals surface area contributed by atoms with Crippen molar-refractivity contribution in [3.8, 4) is 11.8 Å². The fourth-order valence-electron chi connectivity index (χ4n) is 3.20. The minimum Gasteiger partial charge on any atom is -0.355 e. The van der Waals surface area contributed by atoms with E-state index in [0.717, 1.165) is 11.6 Å². The monoisotopic (exact) mass is 387 g/mol. The van der Waals surface area contributed by atoms with E-state index in [2.05, 4.69) is 22.1 Å². The van der Waals surface area contributed by atoms with E-state index in [9.17, 15) is 18.0 Å². The summed E-state index contributed by atoms with van der Waals surface area (Å²) in [6, 6.07) is 11.7. The summed E-state index contributed by atoms with van der Waals surface area (Å²) in [4.78, 5) is 17.9. The quantitative estimate of drug-likeness (QED) is 0.821. The van der Waals surface area contributed by atoms with Crippen LogP contribution in [0.4, 0.5) is 19.0 Å². The Bertz CT molecular complexity index is 872. The van der Waals surface area contributed by atoms with Gasteiger partial charge in [-0.1, -0.05) is 30.0 Å². The van der Waals surface area contributed by atoms with Crippen molar-refractivity contribution in [2.75, 3.05) is 24.5 Å². The number of nitrogens with one attached hydrogen (secondary N) is 1. The molecule has 1 amide bonds. The highest BCUT2D eigenvalue weighted by molar-refractivity contribution is 5.79. The Kier molecular flexibility index (Phi) is 6.19. The van der Waals surface area contributed by atoms with Crippen LogP contribution < -0.4 is 10.2 Å². The van der Waals surface area contributed by atoms with E-state index in [1.807, 2.05) is 30.3 Å². The number of carbonyl (C=O) groups is 1. The lowest BCUT2D eigenvalue weighted by atomic mass is 9.96. The van der Waals surface area contributed by atoms with Crippen molar-refractivity contribution in [3.05, 3.63) is 59.8 Å². The molecule has 2 aromatic rings. The molecule has 0 bridgehead atoms. The second-order valence-corrected chi connectivity index (χ2v) is 6.54. The molecule has 0 saturated carbocycles. The van der Waals surface area contributed by atoms with E-state index < -0.39 is 17.7 Å². The first-order valence-electron chi connectivity index (χ1n) is 9.04. The molecule has 0 aliphatic carbocycles. The summed E-state index contributed by atoms with van der Waals surface area (Å²) in [7, 11) is 0. The van der Waals surface area contributed by atoms with E-state index in [-0.39, 0.29) is 24.8 Å². The molecule has 28 heavy (non-hydrogen) atoms. The molecule has 1 aliphatic heterocycles. The number of halogens is 3. The smallest absolute Gasteiger partial charge is 0.355 e. The second kappa shape index (κ2) is 8.79. The van der Waals surface area contributed by atoms with Gasteiger partial charge in [0.1, 0.15) is 5.82 Å². The number of piperidine rings is 1. The van der Waals surface area contributed by atoms with Crippen LogP contribution in [0.15, 0.2) is 48.7 Å². The number of anilines is 1. The van der Waals surface area contributed by atoms with Crippen molar-refractivity contribution in [2.45, 2.75) is 19.0 Å². The number of rotatable bonds is 3. The van der Waals surface area contributed by atoms with Crippen LogP contribution in [0.5, 0.6) is 0 Å². The van der Waals surface area contributed by atoms with Gasteiger partial charge >= 0.3 is 6.18 Å². The summed E-state index contributed by atoms with van der Waals surface area (Å²) in [6.07, 6.45) is -1.89. The predicted molar refractivity (Wildman–Crippen MR) is 101 cm³/mol. The molecule has 1 atom stereocenters. The van der Waals surface area contributed by atoms with Crippen LogP contribution >= 0.6 is 0 Å². The molecule has 1 aromatic carbocycles. The SMILES string of the molecule is O=C(NCC#Cc1ccccc1)C1CCCN(c2ncccc2C(F)(F)F)C1. The van der Waals surface area contributed by atoms with Crippen molar-refractivity contribution in [1.29, 1.82) is 0 Å². The van der Waals surface area contributed by atoms with E-state index in [1.54, 1.807) is 4.90 Å². The number of carbonyl (C=O) groups excluding carboxylic acids is 1. The molecule has 4 nitrogen and oxygen atoms in total. The summed E-state index contributed by atoms with van der Waals surface area (Å²) >= 11 is 0. The summed E-state index contributed by atoms with van der Waals surface area (Å²) in [5.41, 5.74) is 0.0835. The van der Waals surface area contributed by atoms with Crippen LogP contribution in [0.3, 0.4) is 0 Å². The van der Waals surface area contributed by atoms with E-state index in [1.165, 1.54) is 12.3 Å². The molecule has 1 fully saturated rings. The van der Waals surface area contributed by atoms with Gasteiger partial charge < -0.3 is 10.2 Å². The number of hydrogen-bond donors (Lipinski definition) is 1. The van der Waals surface area contributed by atoms with Crippen LogP contribution in [0, 0.1) is 17.8 Å². The number of hydrogen-bond acceptors (Lipinski definition) is 3. The molecule has 1 N–H and O–H groups in total. The molecule has 3 rings (SSSR count). The maximum absolute atomic E-state index is 13.2. The Balaban J connectivity index is 1.61. The molecule has 1 aromatic heterocycles. The van der Waals surface area contributed by atoms with Gasteiger partial charge in [0.05, 0.1) is 18.0 Å². The summed E-state index contributed by atoms with van der Waals surface area (Å²) < 4.78 is 39.7. The Morgan fingerprint density at radius 2 is 2.00 bits per heavy atom. The maximum Gasteiger partial charge on any atom is 0.419 e. The molecule has 0 radical (unpaired) electrons. The van der Waals surface area contributed by atoms with Gasteiger partial charge in [-0.3, -0.25) is 4.79 Å². The molecular weight excluding hydrogens is 367 g/mol. The fraction of sp³-hybridized carbons (Fsp3) is 0.333. The summed E-state index contributed by atoms with van der Waals surface area (Å²) in [6.45, 7) is 0.845. The Morgan fingerprint density at radius 1 is 1.21 bits per heavy atom. The normalized spacial score (nSPS) is 16.8. The number of nitrogens with zero attached hydrogens (tertiary/aromatic N) is 2. The summed E-state index contributed by atoms with van der Waals surface area (Å²) in [5, 5.41) is 2.76. The third-order valence-corrected chi connectivity index (χ3v) is 4.54. The van der Waals surface area contributed by atoms with E-state index in [4.69, 9.17) is 0 Å². The molecular formula is C21H20F3N3O. The van der Waals surface area contributed by atoms with Crippen LogP contribution in [-0.4, -0.2) is 30.5 Å². The zero-order valence-electron chi connectivity index (χ0n) is 15.2. The van der Waals surface area contributed by atoms with Gasteiger partial charge in [-0.25, -0.2) is 4.98 Å². The number of amides is 1. The number of aromatic nitrogens is 1. The lowest BCUT2D eigenvalue weighted by Crippen LogP contribution is -2.44. The second-order valence-electron chi connectivity index (χ2n) is 6.54. The van der Waals surface area contributed by atoms with Gasteiger partial charge in [-0.2, -0.15) is 13.2 Å². The summed E-state index contributed by atoms with van der Waals surface area (Å²) in [5.74, 6) is 5.13. The molecule has 1 aliphatic rings. The number of pyridine rings is 1. The van der Waals surface area contributed by atoms with E-state index in [0.29, 0.717) is 19.4 Å². The zero-order valence-corrected chi connectivity index (χ0v) is 15.2. The van der Waals surface area contributed by atoms with Crippen molar-refractivity contribution >= 4 is 11.7 Å². The van der Waals surface area contributed by atoms with Gasteiger partial charge in [-0.05, 0) is 37.1 Å². The van der Waals surface area contributed by atoms with Gasteiger partial charge in [0.15, 0.2) is 0 Å². The maximum atomic E-state index is 13.2. The first kappa shape index (κ1) is 19.7. The molecule has 2 heterocycles. The van der Waals surface area contributed by atoms with Crippen LogP contribution in [0.2, 0.25) is 0 Å². The first-order valence-corrected chi connectivity index (χ1v) is 9.04. The molecule has 7 heteroatoms. The fourth-order valence-corrected chi connectivity index (χ4v) is 3.20. The molecule has 1 saturated heterocycles. The lowest BCUT2D eigenvalue weighted by Gasteiger charge is -2.34. The third-order valence-electron chi connectivity index (χ3n) is 4.54. The van der Waals surface area contributed by atoms with Crippen molar-refractivity contribution in [3.63, 3.8) is 0 Å². The highest BCUT2D eigenvalue weighted by Crippen LogP contribution is 2.36. The highest BCUT2D eigenvalue weighted by Gasteiger charge is 2.37. The average Bonchev–Trinajstić information content (AvgIpc) is 2.71. The topological polar surface area (TPSA) is 45.2 Å². The van der Waals surface area contributed by atoms with Crippen molar-refractivity contribution in [1.82, 2.24) is 10.3 Å². The van der Waals surface area contributed by atoms with Gasteiger partial charge in [0.2, 0.25) is 5.91 Å². The minimum atomic E-state index is -4.48. The standard InChI is InChI=1S/C21H20F3N3O/c22-21(23,24)18-11-5-12-25-19(18)27-14-6-10-17(15-27)20(28)26-13-4-9-16-7-2-1-3-8-16/h1-3,5,7-8,11-12,17H,6,10,13-15H2,(H,26,28). The third kappa shape index (κ3) is 5.03. The number of alkyl halides is 3. The van der Waals surface area contributed by atoms with Gasteiger partial charge in [0, 0.05) is 24.8 Å². The zero-order chi connectivity index (χ0) is 20.0. The van der Waals surface area contributed by atoms with Crippen molar-refractivity contribution < 1.29 is 18.0 Å². The van der Waals surface area contributed by atoms with Crippen molar-refractivity contribution in [2.24, 2.45) is 5.92 Å². The van der Waals surface area contributed by atoms with E-state index >= 15 is 0 Å². The first-order chi connectivity index (χ1) is 13.4. The van der Waals surface area contributed by atoms with Gasteiger partial charge in [-0.15, -0.1) is 0 Å². The minimum absolute atomic E-state index is 0.114. The van der Waals surface area contributed by atoms with Crippen LogP contribution in [0.1, 0.15) is 24.0 Å².